The topological polar surface area (TPSA) is 57.0 Å². The second kappa shape index (κ2) is 6.32. The number of para-hydroxylation sites is 1. The van der Waals surface area contributed by atoms with Gasteiger partial charge in [0, 0.05) is 12.5 Å². The Hall–Kier alpha value is -2.17. The quantitative estimate of drug-likeness (QED) is 0.759. The normalized spacial score (nSPS) is 10.8. The Balaban J connectivity index is 2.15. The van der Waals surface area contributed by atoms with E-state index >= 15 is 0 Å². The Morgan fingerprint density at radius 2 is 2.10 bits per heavy atom. The summed E-state index contributed by atoms with van der Waals surface area (Å²) in [4.78, 5) is 16.0. The second-order valence-electron chi connectivity index (χ2n) is 4.78. The summed E-state index contributed by atoms with van der Waals surface area (Å²) in [7, 11) is 0. The lowest BCUT2D eigenvalue weighted by Gasteiger charge is -2.12. The summed E-state index contributed by atoms with van der Waals surface area (Å²) in [6, 6.07) is 7.51. The van der Waals surface area contributed by atoms with Crippen LogP contribution in [-0.4, -0.2) is 20.5 Å². The van der Waals surface area contributed by atoms with Crippen LogP contribution in [0.1, 0.15) is 49.4 Å². The second-order valence-corrected chi connectivity index (χ2v) is 4.78. The molecule has 0 saturated carbocycles. The Labute approximate surface area is 118 Å². The maximum absolute atomic E-state index is 11.9. The van der Waals surface area contributed by atoms with E-state index < -0.39 is 0 Å². The van der Waals surface area contributed by atoms with E-state index in [1.165, 1.54) is 6.33 Å². The van der Waals surface area contributed by atoms with Gasteiger partial charge in [-0.15, -0.1) is 0 Å². The fourth-order valence-corrected chi connectivity index (χ4v) is 1.96. The van der Waals surface area contributed by atoms with Gasteiger partial charge in [0.2, 0.25) is 0 Å². The SMILES string of the molecule is CCC(=O)c1ccccc1OCc1ncnn1C(C)C. The first kappa shape index (κ1) is 14.2. The average Bonchev–Trinajstić information content (AvgIpc) is 2.93. The molecule has 0 bridgehead atoms. The van der Waals surface area contributed by atoms with Gasteiger partial charge in [-0.2, -0.15) is 5.10 Å². The molecule has 0 unspecified atom stereocenters. The smallest absolute Gasteiger partial charge is 0.166 e. The lowest BCUT2D eigenvalue weighted by molar-refractivity contribution is 0.0983. The predicted molar refractivity (Wildman–Crippen MR) is 75.8 cm³/mol. The predicted octanol–water partition coefficient (Wildman–Crippen LogP) is 3.03. The van der Waals surface area contributed by atoms with E-state index in [0.29, 0.717) is 24.3 Å². The van der Waals surface area contributed by atoms with E-state index in [1.807, 2.05) is 37.6 Å². The summed E-state index contributed by atoms with van der Waals surface area (Å²) in [5.74, 6) is 1.42. The maximum atomic E-state index is 11.9. The zero-order valence-corrected chi connectivity index (χ0v) is 12.0. The molecule has 5 nitrogen and oxygen atoms in total. The van der Waals surface area contributed by atoms with Crippen LogP contribution in [0.25, 0.3) is 0 Å². The molecule has 0 aliphatic carbocycles. The molecule has 5 heteroatoms. The molecule has 0 aliphatic rings. The van der Waals surface area contributed by atoms with Crippen molar-refractivity contribution in [1.29, 1.82) is 0 Å². The third-order valence-corrected chi connectivity index (χ3v) is 3.00. The van der Waals surface area contributed by atoms with Gasteiger partial charge in [-0.25, -0.2) is 9.67 Å². The van der Waals surface area contributed by atoms with Gasteiger partial charge in [0.15, 0.2) is 11.6 Å². The third kappa shape index (κ3) is 3.04. The molecule has 0 spiro atoms. The van der Waals surface area contributed by atoms with E-state index in [4.69, 9.17) is 4.74 Å². The highest BCUT2D eigenvalue weighted by Gasteiger charge is 2.12. The number of ketones is 1. The number of hydrogen-bond acceptors (Lipinski definition) is 4. The number of nitrogens with zero attached hydrogens (tertiary/aromatic N) is 3. The zero-order chi connectivity index (χ0) is 14.5. The van der Waals surface area contributed by atoms with E-state index in [0.717, 1.165) is 5.82 Å². The van der Waals surface area contributed by atoms with E-state index in [-0.39, 0.29) is 11.8 Å². The molecule has 2 aromatic rings. The standard InChI is InChI=1S/C15H19N3O2/c1-4-13(19)12-7-5-6-8-14(12)20-9-15-16-10-17-18(15)11(2)3/h5-8,10-11H,4,9H2,1-3H3. The number of benzene rings is 1. The van der Waals surface area contributed by atoms with Crippen molar-refractivity contribution in [1.82, 2.24) is 14.8 Å². The number of carbonyl (C=O) groups excluding carboxylic acids is 1. The molecule has 0 fully saturated rings. The van der Waals surface area contributed by atoms with Crippen LogP contribution in [0.15, 0.2) is 30.6 Å². The summed E-state index contributed by atoms with van der Waals surface area (Å²) < 4.78 is 7.56. The third-order valence-electron chi connectivity index (χ3n) is 3.00. The summed E-state index contributed by atoms with van der Waals surface area (Å²) in [6.07, 6.45) is 1.98. The van der Waals surface area contributed by atoms with Crippen LogP contribution in [0.5, 0.6) is 5.75 Å². The van der Waals surface area contributed by atoms with Crippen LogP contribution in [0, 0.1) is 0 Å². The Bertz CT molecular complexity index is 590. The van der Waals surface area contributed by atoms with Crippen molar-refractivity contribution in [3.8, 4) is 5.75 Å². The first-order chi connectivity index (χ1) is 9.63. The molecule has 2 rings (SSSR count). The number of rotatable bonds is 6. The van der Waals surface area contributed by atoms with E-state index in [1.54, 1.807) is 12.1 Å². The monoisotopic (exact) mass is 273 g/mol. The minimum atomic E-state index is 0.0749. The molecule has 1 aromatic carbocycles. The van der Waals surface area contributed by atoms with Crippen molar-refractivity contribution < 1.29 is 9.53 Å². The molecule has 1 aromatic heterocycles. The van der Waals surface area contributed by atoms with Crippen LogP contribution in [0.3, 0.4) is 0 Å². The minimum Gasteiger partial charge on any atom is -0.485 e. The minimum absolute atomic E-state index is 0.0749. The van der Waals surface area contributed by atoms with E-state index in [2.05, 4.69) is 10.1 Å². The van der Waals surface area contributed by atoms with Gasteiger partial charge in [0.1, 0.15) is 18.7 Å². The molecular formula is C15H19N3O2. The van der Waals surface area contributed by atoms with Crippen LogP contribution in [0.2, 0.25) is 0 Å². The van der Waals surface area contributed by atoms with Crippen LogP contribution >= 0.6 is 0 Å². The molecule has 0 N–H and O–H groups in total. The molecule has 0 amide bonds. The van der Waals surface area contributed by atoms with Crippen LogP contribution in [-0.2, 0) is 6.61 Å². The highest BCUT2D eigenvalue weighted by Crippen LogP contribution is 2.21. The largest absolute Gasteiger partial charge is 0.485 e. The van der Waals surface area contributed by atoms with Crippen molar-refractivity contribution in [3.63, 3.8) is 0 Å². The Morgan fingerprint density at radius 1 is 1.35 bits per heavy atom. The fourth-order valence-electron chi connectivity index (χ4n) is 1.96. The molecule has 0 aliphatic heterocycles. The van der Waals surface area contributed by atoms with Gasteiger partial charge in [0.25, 0.3) is 0 Å². The lowest BCUT2D eigenvalue weighted by atomic mass is 10.1. The summed E-state index contributed by atoms with van der Waals surface area (Å²) in [5.41, 5.74) is 0.616. The zero-order valence-electron chi connectivity index (χ0n) is 12.0. The van der Waals surface area contributed by atoms with Gasteiger partial charge in [0.05, 0.1) is 5.56 Å². The van der Waals surface area contributed by atoms with Crippen molar-refractivity contribution >= 4 is 5.78 Å². The van der Waals surface area contributed by atoms with Gasteiger partial charge in [-0.1, -0.05) is 19.1 Å². The van der Waals surface area contributed by atoms with E-state index in [9.17, 15) is 4.79 Å². The maximum Gasteiger partial charge on any atom is 0.166 e. The number of Topliss-reactive ketones (excluding diaryl/α,β-unsaturated/α-hetero) is 1. The molecular weight excluding hydrogens is 254 g/mol. The number of ether oxygens (including phenoxy) is 1. The van der Waals surface area contributed by atoms with Gasteiger partial charge in [-0.05, 0) is 26.0 Å². The Kier molecular flexibility index (Phi) is 4.50. The fraction of sp³-hybridized carbons (Fsp3) is 0.400. The summed E-state index contributed by atoms with van der Waals surface area (Å²) >= 11 is 0. The van der Waals surface area contributed by atoms with Crippen molar-refractivity contribution in [2.24, 2.45) is 0 Å². The molecule has 20 heavy (non-hydrogen) atoms. The summed E-state index contributed by atoms with van der Waals surface area (Å²) in [6.45, 7) is 6.21. The molecule has 0 saturated heterocycles. The van der Waals surface area contributed by atoms with Gasteiger partial charge in [-0.3, -0.25) is 4.79 Å². The van der Waals surface area contributed by atoms with Crippen molar-refractivity contribution in [3.05, 3.63) is 42.0 Å². The van der Waals surface area contributed by atoms with Crippen LogP contribution in [0.4, 0.5) is 0 Å². The van der Waals surface area contributed by atoms with Crippen LogP contribution < -0.4 is 4.74 Å². The highest BCUT2D eigenvalue weighted by molar-refractivity contribution is 5.98. The lowest BCUT2D eigenvalue weighted by Crippen LogP contribution is -2.11. The first-order valence-electron chi connectivity index (χ1n) is 6.76. The molecule has 106 valence electrons. The number of hydrogen-bond donors (Lipinski definition) is 0. The summed E-state index contributed by atoms with van der Waals surface area (Å²) in [5, 5.41) is 4.16. The molecule has 0 radical (unpaired) electrons. The highest BCUT2D eigenvalue weighted by atomic mass is 16.5. The molecule has 0 atom stereocenters. The van der Waals surface area contributed by atoms with Gasteiger partial charge < -0.3 is 4.74 Å². The number of aromatic nitrogens is 3. The van der Waals surface area contributed by atoms with Gasteiger partial charge >= 0.3 is 0 Å². The first-order valence-corrected chi connectivity index (χ1v) is 6.76. The van der Waals surface area contributed by atoms with Crippen molar-refractivity contribution in [2.75, 3.05) is 0 Å². The number of carbonyl (C=O) groups is 1. The van der Waals surface area contributed by atoms with Crippen molar-refractivity contribution in [2.45, 2.75) is 39.8 Å². The Morgan fingerprint density at radius 3 is 2.80 bits per heavy atom. The molecule has 1 heterocycles. The average molecular weight is 273 g/mol.